The Morgan fingerprint density at radius 3 is 2.50 bits per heavy atom. The van der Waals surface area contributed by atoms with Crippen LogP contribution in [0.15, 0.2) is 18.2 Å². The molecule has 2 aliphatic rings. The summed E-state index contributed by atoms with van der Waals surface area (Å²) < 4.78 is 5.28. The summed E-state index contributed by atoms with van der Waals surface area (Å²) in [5.41, 5.74) is 1.98. The number of aryl methyl sites for hydroxylation is 1. The summed E-state index contributed by atoms with van der Waals surface area (Å²) in [6.45, 7) is 6.77. The van der Waals surface area contributed by atoms with Crippen molar-refractivity contribution in [3.8, 4) is 0 Å². The molecule has 28 heavy (non-hydrogen) atoms. The number of benzene rings is 1. The van der Waals surface area contributed by atoms with Crippen molar-refractivity contribution >= 4 is 23.6 Å². The van der Waals surface area contributed by atoms with Gasteiger partial charge in [0.25, 0.3) is 5.91 Å². The van der Waals surface area contributed by atoms with Gasteiger partial charge in [0.15, 0.2) is 0 Å². The molecule has 8 nitrogen and oxygen atoms in total. The first-order valence-corrected chi connectivity index (χ1v) is 9.61. The lowest BCUT2D eigenvalue weighted by Crippen LogP contribution is -2.47. The highest BCUT2D eigenvalue weighted by Gasteiger charge is 2.32. The van der Waals surface area contributed by atoms with Crippen LogP contribution >= 0.6 is 0 Å². The van der Waals surface area contributed by atoms with E-state index in [9.17, 15) is 19.5 Å². The van der Waals surface area contributed by atoms with Crippen molar-refractivity contribution in [1.82, 2.24) is 9.80 Å². The number of rotatable bonds is 3. The van der Waals surface area contributed by atoms with Gasteiger partial charge in [0.1, 0.15) is 0 Å². The van der Waals surface area contributed by atoms with Gasteiger partial charge in [-0.15, -0.1) is 0 Å². The van der Waals surface area contributed by atoms with Crippen molar-refractivity contribution in [2.45, 2.75) is 20.3 Å². The first-order valence-electron chi connectivity index (χ1n) is 9.61. The van der Waals surface area contributed by atoms with Crippen LogP contribution in [0.3, 0.4) is 0 Å². The number of carboxylic acids is 1. The van der Waals surface area contributed by atoms with E-state index in [1.54, 1.807) is 28.0 Å². The lowest BCUT2D eigenvalue weighted by molar-refractivity contribution is -0.143. The molecule has 3 amide bonds. The number of ether oxygens (including phenoxy) is 1. The van der Waals surface area contributed by atoms with Gasteiger partial charge >= 0.3 is 12.0 Å². The highest BCUT2D eigenvalue weighted by Crippen LogP contribution is 2.24. The second-order valence-corrected chi connectivity index (χ2v) is 7.65. The van der Waals surface area contributed by atoms with Gasteiger partial charge in [-0.3, -0.25) is 9.59 Å². The van der Waals surface area contributed by atoms with Crippen LogP contribution in [-0.4, -0.2) is 72.2 Å². The molecule has 2 N–H and O–H groups in total. The predicted octanol–water partition coefficient (Wildman–Crippen LogP) is 2.04. The standard InChI is InChI=1S/C20H27N3O5/c1-13-9-16(19(25)26)12-23(11-13)20(27)21-17-4-3-15(10-14(17)2)18(24)22-5-7-28-8-6-22/h3-4,10,13,16H,5-9,11-12H2,1-2H3,(H,21,27)(H,25,26). The van der Waals surface area contributed by atoms with Gasteiger partial charge in [0.2, 0.25) is 0 Å². The number of likely N-dealkylation sites (tertiary alicyclic amines) is 1. The van der Waals surface area contributed by atoms with Gasteiger partial charge in [0, 0.05) is 37.4 Å². The lowest BCUT2D eigenvalue weighted by atomic mass is 9.91. The summed E-state index contributed by atoms with van der Waals surface area (Å²) in [7, 11) is 0. The minimum Gasteiger partial charge on any atom is -0.481 e. The quantitative estimate of drug-likeness (QED) is 0.824. The number of carboxylic acid groups (broad SMARTS) is 1. The van der Waals surface area contributed by atoms with Crippen LogP contribution in [-0.2, 0) is 9.53 Å². The molecule has 2 fully saturated rings. The second kappa shape index (κ2) is 8.60. The van der Waals surface area contributed by atoms with Crippen LogP contribution in [0.25, 0.3) is 0 Å². The Labute approximate surface area is 164 Å². The number of aliphatic carboxylic acids is 1. The highest BCUT2D eigenvalue weighted by atomic mass is 16.5. The van der Waals surface area contributed by atoms with Crippen LogP contribution < -0.4 is 5.32 Å². The molecule has 2 heterocycles. The van der Waals surface area contributed by atoms with E-state index in [1.807, 2.05) is 13.8 Å². The topological polar surface area (TPSA) is 99.2 Å². The number of hydrogen-bond donors (Lipinski definition) is 2. The van der Waals surface area contributed by atoms with Crippen molar-refractivity contribution < 1.29 is 24.2 Å². The van der Waals surface area contributed by atoms with E-state index in [0.29, 0.717) is 50.5 Å². The number of carbonyl (C=O) groups excluding carboxylic acids is 2. The molecular weight excluding hydrogens is 362 g/mol. The van der Waals surface area contributed by atoms with E-state index in [-0.39, 0.29) is 24.4 Å². The molecule has 0 bridgehead atoms. The fourth-order valence-electron chi connectivity index (χ4n) is 3.78. The molecular formula is C20H27N3O5. The van der Waals surface area contributed by atoms with Crippen molar-refractivity contribution in [3.63, 3.8) is 0 Å². The Morgan fingerprint density at radius 1 is 1.14 bits per heavy atom. The number of nitrogens with zero attached hydrogens (tertiary/aromatic N) is 2. The predicted molar refractivity (Wildman–Crippen MR) is 103 cm³/mol. The van der Waals surface area contributed by atoms with Gasteiger partial charge in [0.05, 0.1) is 19.1 Å². The number of amides is 3. The maximum absolute atomic E-state index is 12.6. The molecule has 0 spiro atoms. The summed E-state index contributed by atoms with van der Waals surface area (Å²) in [5, 5.41) is 12.1. The highest BCUT2D eigenvalue weighted by molar-refractivity contribution is 5.96. The summed E-state index contributed by atoms with van der Waals surface area (Å²) in [4.78, 5) is 39.8. The number of nitrogens with one attached hydrogen (secondary N) is 1. The minimum absolute atomic E-state index is 0.0431. The van der Waals surface area contributed by atoms with Crippen molar-refractivity contribution in [3.05, 3.63) is 29.3 Å². The van der Waals surface area contributed by atoms with Crippen molar-refractivity contribution in [2.24, 2.45) is 11.8 Å². The maximum Gasteiger partial charge on any atom is 0.321 e. The molecule has 0 aliphatic carbocycles. The Balaban J connectivity index is 1.66. The fourth-order valence-corrected chi connectivity index (χ4v) is 3.78. The molecule has 2 aliphatic heterocycles. The molecule has 2 atom stereocenters. The molecule has 152 valence electrons. The van der Waals surface area contributed by atoms with E-state index in [0.717, 1.165) is 5.56 Å². The van der Waals surface area contributed by atoms with Gasteiger partial charge in [-0.05, 0) is 43.0 Å². The number of morpholine rings is 1. The molecule has 2 saturated heterocycles. The van der Waals surface area contributed by atoms with Crippen molar-refractivity contribution in [1.29, 1.82) is 0 Å². The first-order chi connectivity index (χ1) is 13.3. The molecule has 1 aromatic carbocycles. The largest absolute Gasteiger partial charge is 0.481 e. The summed E-state index contributed by atoms with van der Waals surface area (Å²) in [6.07, 6.45) is 0.580. The van der Waals surface area contributed by atoms with Gasteiger partial charge in [-0.25, -0.2) is 4.79 Å². The zero-order chi connectivity index (χ0) is 20.3. The van der Waals surface area contributed by atoms with E-state index in [1.165, 1.54) is 0 Å². The molecule has 0 aromatic heterocycles. The Hall–Kier alpha value is -2.61. The van der Waals surface area contributed by atoms with E-state index >= 15 is 0 Å². The summed E-state index contributed by atoms with van der Waals surface area (Å²) in [6, 6.07) is 4.89. The number of urea groups is 1. The third-order valence-corrected chi connectivity index (χ3v) is 5.31. The second-order valence-electron chi connectivity index (χ2n) is 7.65. The minimum atomic E-state index is -0.869. The van der Waals surface area contributed by atoms with Crippen LogP contribution in [0.5, 0.6) is 0 Å². The maximum atomic E-state index is 12.6. The van der Waals surface area contributed by atoms with E-state index in [2.05, 4.69) is 5.32 Å². The average Bonchev–Trinajstić information content (AvgIpc) is 2.69. The van der Waals surface area contributed by atoms with Crippen LogP contribution in [0.1, 0.15) is 29.3 Å². The number of hydrogen-bond acceptors (Lipinski definition) is 4. The van der Waals surface area contributed by atoms with Gasteiger partial charge < -0.3 is 25.0 Å². The Morgan fingerprint density at radius 2 is 1.86 bits per heavy atom. The molecule has 0 saturated carbocycles. The molecule has 1 aromatic rings. The fraction of sp³-hybridized carbons (Fsp3) is 0.550. The smallest absolute Gasteiger partial charge is 0.321 e. The van der Waals surface area contributed by atoms with Crippen LogP contribution in [0.2, 0.25) is 0 Å². The van der Waals surface area contributed by atoms with Gasteiger partial charge in [-0.2, -0.15) is 0 Å². The average molecular weight is 389 g/mol. The zero-order valence-corrected chi connectivity index (χ0v) is 16.3. The normalized spacial score (nSPS) is 22.6. The summed E-state index contributed by atoms with van der Waals surface area (Å²) >= 11 is 0. The monoisotopic (exact) mass is 389 g/mol. The molecule has 0 radical (unpaired) electrons. The Bertz CT molecular complexity index is 760. The number of carbonyl (C=O) groups is 3. The summed E-state index contributed by atoms with van der Waals surface area (Å²) in [5.74, 6) is -1.32. The zero-order valence-electron chi connectivity index (χ0n) is 16.3. The Kier molecular flexibility index (Phi) is 6.18. The van der Waals surface area contributed by atoms with E-state index in [4.69, 9.17) is 4.74 Å². The number of piperidine rings is 1. The third-order valence-electron chi connectivity index (χ3n) is 5.31. The van der Waals surface area contributed by atoms with Crippen molar-refractivity contribution in [2.75, 3.05) is 44.7 Å². The molecule has 8 heteroatoms. The van der Waals surface area contributed by atoms with Gasteiger partial charge in [-0.1, -0.05) is 6.92 Å². The van der Waals surface area contributed by atoms with E-state index < -0.39 is 11.9 Å². The van der Waals surface area contributed by atoms with Crippen LogP contribution in [0, 0.1) is 18.8 Å². The SMILES string of the molecule is Cc1cc(C(=O)N2CCOCC2)ccc1NC(=O)N1CC(C)CC(C(=O)O)C1. The first kappa shape index (κ1) is 20.1. The molecule has 2 unspecified atom stereocenters. The molecule has 3 rings (SSSR count). The number of anilines is 1. The van der Waals surface area contributed by atoms with Crippen LogP contribution in [0.4, 0.5) is 10.5 Å². The third kappa shape index (κ3) is 4.62. The lowest BCUT2D eigenvalue weighted by Gasteiger charge is -2.34.